The van der Waals surface area contributed by atoms with Crippen molar-refractivity contribution in [3.8, 4) is 18.4 Å². The van der Waals surface area contributed by atoms with Crippen molar-refractivity contribution in [2.45, 2.75) is 6.92 Å². The molecular weight excluding hydrogens is 176 g/mol. The van der Waals surface area contributed by atoms with Crippen molar-refractivity contribution < 1.29 is 0 Å². The van der Waals surface area contributed by atoms with Crippen molar-refractivity contribution in [3.05, 3.63) is 18.1 Å². The lowest BCUT2D eigenvalue weighted by Gasteiger charge is -2.18. The fourth-order valence-electron chi connectivity index (χ4n) is 1.04. The van der Waals surface area contributed by atoms with E-state index in [1.165, 1.54) is 0 Å². The van der Waals surface area contributed by atoms with Crippen molar-refractivity contribution in [2.24, 2.45) is 0 Å². The molecule has 0 saturated carbocycles. The maximum Gasteiger partial charge on any atom is 0.234 e. The van der Waals surface area contributed by atoms with E-state index in [0.717, 1.165) is 6.54 Å². The molecule has 1 rings (SSSR count). The van der Waals surface area contributed by atoms with Gasteiger partial charge in [0.15, 0.2) is 0 Å². The lowest BCUT2D eigenvalue weighted by molar-refractivity contribution is 0.882. The van der Waals surface area contributed by atoms with Gasteiger partial charge in [-0.25, -0.2) is 9.97 Å². The molecule has 0 bridgehead atoms. The first kappa shape index (κ1) is 10.0. The molecule has 0 radical (unpaired) electrons. The second-order valence-corrected chi connectivity index (χ2v) is 2.57. The molecule has 1 aromatic heterocycles. The Morgan fingerprint density at radius 2 is 2.43 bits per heavy atom. The number of hydrogen-bond acceptors (Lipinski definition) is 4. The van der Waals surface area contributed by atoms with Gasteiger partial charge in [0.25, 0.3) is 0 Å². The molecule has 1 heterocycles. The molecule has 0 fully saturated rings. The van der Waals surface area contributed by atoms with Gasteiger partial charge in [-0.3, -0.25) is 0 Å². The Morgan fingerprint density at radius 3 is 3.00 bits per heavy atom. The van der Waals surface area contributed by atoms with Crippen LogP contribution in [0.5, 0.6) is 0 Å². The molecule has 0 N–H and O–H groups in total. The highest BCUT2D eigenvalue weighted by Gasteiger charge is 2.04. The highest BCUT2D eigenvalue weighted by molar-refractivity contribution is 5.40. The van der Waals surface area contributed by atoms with E-state index in [4.69, 9.17) is 11.7 Å². The zero-order valence-electron chi connectivity index (χ0n) is 7.94. The molecule has 4 nitrogen and oxygen atoms in total. The van der Waals surface area contributed by atoms with Crippen LogP contribution in [0.1, 0.15) is 12.7 Å². The highest BCUT2D eigenvalue weighted by atomic mass is 15.2. The lowest BCUT2D eigenvalue weighted by Crippen LogP contribution is -2.24. The van der Waals surface area contributed by atoms with Gasteiger partial charge >= 0.3 is 0 Å². The zero-order chi connectivity index (χ0) is 10.4. The van der Waals surface area contributed by atoms with Crippen LogP contribution in [0.2, 0.25) is 0 Å². The van der Waals surface area contributed by atoms with Gasteiger partial charge in [-0.05, 0) is 13.0 Å². The van der Waals surface area contributed by atoms with Gasteiger partial charge < -0.3 is 4.90 Å². The van der Waals surface area contributed by atoms with E-state index in [0.29, 0.717) is 12.4 Å². The average molecular weight is 186 g/mol. The quantitative estimate of drug-likeness (QED) is 0.655. The van der Waals surface area contributed by atoms with Crippen molar-refractivity contribution >= 4 is 5.82 Å². The zero-order valence-corrected chi connectivity index (χ0v) is 7.94. The summed E-state index contributed by atoms with van der Waals surface area (Å²) < 4.78 is 0. The number of anilines is 1. The fraction of sp³-hybridized carbons (Fsp3) is 0.300. The van der Waals surface area contributed by atoms with E-state index in [2.05, 4.69) is 15.9 Å². The molecule has 14 heavy (non-hydrogen) atoms. The van der Waals surface area contributed by atoms with Crippen LogP contribution in [-0.4, -0.2) is 23.1 Å². The third-order valence-corrected chi connectivity index (χ3v) is 1.73. The summed E-state index contributed by atoms with van der Waals surface area (Å²) in [6.07, 6.45) is 6.77. The maximum atomic E-state index is 8.61. The second-order valence-electron chi connectivity index (χ2n) is 2.57. The van der Waals surface area contributed by atoms with Crippen LogP contribution < -0.4 is 4.90 Å². The van der Waals surface area contributed by atoms with Gasteiger partial charge in [-0.15, -0.1) is 6.42 Å². The largest absolute Gasteiger partial charge is 0.346 e. The number of hydrogen-bond donors (Lipinski definition) is 0. The topological polar surface area (TPSA) is 52.8 Å². The Kier molecular flexibility index (Phi) is 3.46. The molecule has 4 heteroatoms. The van der Waals surface area contributed by atoms with Crippen LogP contribution in [-0.2, 0) is 0 Å². The van der Waals surface area contributed by atoms with Crippen LogP contribution in [0, 0.1) is 23.7 Å². The SMILES string of the molecule is C#CCN(CC)c1ccnc(C#N)n1. The Hall–Kier alpha value is -2.07. The molecular formula is C10H10N4. The third-order valence-electron chi connectivity index (χ3n) is 1.73. The van der Waals surface area contributed by atoms with Crippen molar-refractivity contribution in [3.63, 3.8) is 0 Å². The van der Waals surface area contributed by atoms with Gasteiger partial charge in [-0.2, -0.15) is 5.26 Å². The highest BCUT2D eigenvalue weighted by Crippen LogP contribution is 2.08. The summed E-state index contributed by atoms with van der Waals surface area (Å²) in [4.78, 5) is 9.71. The molecule has 0 aliphatic rings. The van der Waals surface area contributed by atoms with Crippen molar-refractivity contribution in [2.75, 3.05) is 18.0 Å². The summed E-state index contributed by atoms with van der Waals surface area (Å²) in [5.41, 5.74) is 0. The molecule has 0 atom stereocenters. The molecule has 1 aromatic rings. The molecule has 0 saturated heterocycles. The number of terminal acetylenes is 1. The van der Waals surface area contributed by atoms with Crippen LogP contribution in [0.15, 0.2) is 12.3 Å². The molecule has 0 aliphatic heterocycles. The van der Waals surface area contributed by atoms with Crippen LogP contribution >= 0.6 is 0 Å². The van der Waals surface area contributed by atoms with Gasteiger partial charge in [0, 0.05) is 12.7 Å². The number of nitrogens with zero attached hydrogens (tertiary/aromatic N) is 4. The number of aromatic nitrogens is 2. The minimum atomic E-state index is 0.165. The van der Waals surface area contributed by atoms with Gasteiger partial charge in [0.2, 0.25) is 5.82 Å². The number of nitriles is 1. The maximum absolute atomic E-state index is 8.61. The van der Waals surface area contributed by atoms with E-state index in [9.17, 15) is 0 Å². The summed E-state index contributed by atoms with van der Waals surface area (Å²) in [5.74, 6) is 3.39. The van der Waals surface area contributed by atoms with Gasteiger partial charge in [0.05, 0.1) is 6.54 Å². The fourth-order valence-corrected chi connectivity index (χ4v) is 1.04. The molecule has 0 unspecified atom stereocenters. The Bertz CT molecular complexity index is 386. The summed E-state index contributed by atoms with van der Waals surface area (Å²) >= 11 is 0. The van der Waals surface area contributed by atoms with E-state index in [-0.39, 0.29) is 5.82 Å². The summed E-state index contributed by atoms with van der Waals surface area (Å²) in [7, 11) is 0. The predicted octanol–water partition coefficient (Wildman–Crippen LogP) is 0.808. The molecule has 0 amide bonds. The summed E-state index contributed by atoms with van der Waals surface area (Å²) in [6, 6.07) is 3.63. The Labute approximate surface area is 83.2 Å². The summed E-state index contributed by atoms with van der Waals surface area (Å²) in [5, 5.41) is 8.61. The van der Waals surface area contributed by atoms with Crippen LogP contribution in [0.4, 0.5) is 5.82 Å². The van der Waals surface area contributed by atoms with E-state index >= 15 is 0 Å². The molecule has 70 valence electrons. The third kappa shape index (κ3) is 2.21. The van der Waals surface area contributed by atoms with E-state index in [1.54, 1.807) is 12.3 Å². The van der Waals surface area contributed by atoms with Crippen LogP contribution in [0.25, 0.3) is 0 Å². The first-order valence-electron chi connectivity index (χ1n) is 4.23. The normalized spacial score (nSPS) is 8.79. The van der Waals surface area contributed by atoms with Gasteiger partial charge in [0.1, 0.15) is 11.9 Å². The minimum absolute atomic E-state index is 0.165. The van der Waals surface area contributed by atoms with Crippen LogP contribution in [0.3, 0.4) is 0 Å². The molecule has 0 spiro atoms. The van der Waals surface area contributed by atoms with Crippen molar-refractivity contribution in [1.29, 1.82) is 5.26 Å². The first-order valence-corrected chi connectivity index (χ1v) is 4.23. The lowest BCUT2D eigenvalue weighted by atomic mass is 10.4. The van der Waals surface area contributed by atoms with Crippen molar-refractivity contribution in [1.82, 2.24) is 9.97 Å². The van der Waals surface area contributed by atoms with Gasteiger partial charge in [-0.1, -0.05) is 5.92 Å². The van der Waals surface area contributed by atoms with E-state index < -0.39 is 0 Å². The average Bonchev–Trinajstić information content (AvgIpc) is 2.26. The second kappa shape index (κ2) is 4.84. The Balaban J connectivity index is 2.94. The molecule has 0 aromatic carbocycles. The Morgan fingerprint density at radius 1 is 1.64 bits per heavy atom. The predicted molar refractivity (Wildman–Crippen MR) is 53.5 cm³/mol. The van der Waals surface area contributed by atoms with E-state index in [1.807, 2.05) is 17.9 Å². The first-order chi connectivity index (χ1) is 6.81. The summed E-state index contributed by atoms with van der Waals surface area (Å²) in [6.45, 7) is 3.22. The minimum Gasteiger partial charge on any atom is -0.346 e. The number of rotatable bonds is 3. The molecule has 0 aliphatic carbocycles. The standard InChI is InChI=1S/C10H10N4/c1-3-7-14(4-2)10-5-6-12-9(8-11)13-10/h1,5-6H,4,7H2,2H3. The monoisotopic (exact) mass is 186 g/mol. The smallest absolute Gasteiger partial charge is 0.234 e.